The van der Waals surface area contributed by atoms with Crippen molar-refractivity contribution >= 4 is 15.9 Å². The first-order valence-electron chi connectivity index (χ1n) is 11.9. The lowest BCUT2D eigenvalue weighted by Gasteiger charge is -2.35. The molecule has 1 fully saturated rings. The molecule has 2 heterocycles. The number of alkyl halides is 3. The van der Waals surface area contributed by atoms with Gasteiger partial charge in [0.05, 0.1) is 6.04 Å². The summed E-state index contributed by atoms with van der Waals surface area (Å²) in [7, 11) is -4.11. The number of amides is 1. The Bertz CT molecular complexity index is 1280. The van der Waals surface area contributed by atoms with Crippen LogP contribution in [0.5, 0.6) is 5.75 Å². The number of carbonyl (C=O) groups excluding carboxylic acids is 1. The van der Waals surface area contributed by atoms with Crippen LogP contribution in [0.2, 0.25) is 0 Å². The molecule has 1 radical (unpaired) electrons. The van der Waals surface area contributed by atoms with E-state index in [-0.39, 0.29) is 32.0 Å². The molecule has 3 aliphatic rings. The summed E-state index contributed by atoms with van der Waals surface area (Å²) in [5.74, 6) is -1.13. The monoisotopic (exact) mass is 546 g/mol. The second-order valence-corrected chi connectivity index (χ2v) is 11.0. The number of nitrogens with zero attached hydrogens (tertiary/aromatic N) is 1. The quantitative estimate of drug-likeness (QED) is 0.496. The van der Waals surface area contributed by atoms with Gasteiger partial charge in [0, 0.05) is 39.7 Å². The van der Waals surface area contributed by atoms with Crippen LogP contribution in [0.4, 0.5) is 17.6 Å². The third kappa shape index (κ3) is 5.26. The zero-order valence-corrected chi connectivity index (χ0v) is 21.3. The first kappa shape index (κ1) is 27.2. The Morgan fingerprint density at radius 1 is 1.30 bits per heavy atom. The summed E-state index contributed by atoms with van der Waals surface area (Å²) in [6.07, 6.45) is 5.66. The molecule has 0 saturated carbocycles. The van der Waals surface area contributed by atoms with E-state index in [1.165, 1.54) is 23.5 Å². The molecule has 205 valence electrons. The lowest BCUT2D eigenvalue weighted by Crippen LogP contribution is -2.47. The smallest absolute Gasteiger partial charge is 0.482 e. The minimum Gasteiger partial charge on any atom is -0.482 e. The number of benzene rings is 1. The van der Waals surface area contributed by atoms with E-state index >= 15 is 4.39 Å². The second kappa shape index (κ2) is 10.1. The van der Waals surface area contributed by atoms with Crippen molar-refractivity contribution in [2.75, 3.05) is 13.6 Å². The topological polar surface area (TPSA) is 87.7 Å². The molecule has 37 heavy (non-hydrogen) atoms. The van der Waals surface area contributed by atoms with Crippen LogP contribution in [0, 0.1) is 18.2 Å². The largest absolute Gasteiger partial charge is 0.516 e. The van der Waals surface area contributed by atoms with Crippen LogP contribution in [0.1, 0.15) is 41.0 Å². The fraction of sp³-hybridized carbons (Fsp3) is 0.440. The van der Waals surface area contributed by atoms with Crippen LogP contribution in [0.3, 0.4) is 0 Å². The first-order chi connectivity index (χ1) is 17.3. The molecule has 12 heteroatoms. The van der Waals surface area contributed by atoms with Crippen molar-refractivity contribution in [3.8, 4) is 5.75 Å². The molecule has 1 amide bonds. The number of allylic oxidation sites excluding steroid dienone is 1. The second-order valence-electron chi connectivity index (χ2n) is 9.33. The number of halogens is 4. The number of hydrogen-bond donors (Lipinski definition) is 2. The maximum Gasteiger partial charge on any atom is 0.516 e. The predicted molar refractivity (Wildman–Crippen MR) is 133 cm³/mol. The van der Waals surface area contributed by atoms with E-state index in [9.17, 15) is 26.4 Å². The van der Waals surface area contributed by atoms with E-state index in [1.807, 2.05) is 13.8 Å². The van der Waals surface area contributed by atoms with Crippen molar-refractivity contribution < 1.29 is 38.4 Å². The lowest BCUT2D eigenvalue weighted by atomic mass is 9.80. The van der Waals surface area contributed by atoms with Crippen LogP contribution in [-0.2, 0) is 14.8 Å². The van der Waals surface area contributed by atoms with E-state index in [4.69, 9.17) is 4.74 Å². The van der Waals surface area contributed by atoms with Gasteiger partial charge in [-0.15, -0.1) is 0 Å². The summed E-state index contributed by atoms with van der Waals surface area (Å²) in [6, 6.07) is 4.25. The summed E-state index contributed by atoms with van der Waals surface area (Å²) in [5.41, 5.74) is -4.45. The molecule has 0 bridgehead atoms. The minimum atomic E-state index is -5.67. The predicted octanol–water partition coefficient (Wildman–Crippen LogP) is 4.38. The Balaban J connectivity index is 0.00000267. The van der Waals surface area contributed by atoms with Crippen molar-refractivity contribution in [3.05, 3.63) is 71.2 Å². The summed E-state index contributed by atoms with van der Waals surface area (Å²) in [5, 5.41) is 3.13. The van der Waals surface area contributed by atoms with E-state index < -0.39 is 33.5 Å². The maximum atomic E-state index is 15.3. The Hall–Kier alpha value is -2.86. The van der Waals surface area contributed by atoms with E-state index in [0.29, 0.717) is 36.1 Å². The summed E-state index contributed by atoms with van der Waals surface area (Å²) in [4.78, 5) is 14.0. The van der Waals surface area contributed by atoms with Crippen molar-refractivity contribution in [3.63, 3.8) is 0 Å². The highest BCUT2D eigenvalue weighted by atomic mass is 32.2. The molecular weight excluding hydrogens is 514 g/mol. The number of sulfonamides is 1. The first-order valence-corrected chi connectivity index (χ1v) is 13.4. The number of ether oxygens (including phenoxy) is 1. The third-order valence-electron chi connectivity index (χ3n) is 6.92. The average Bonchev–Trinajstić information content (AvgIpc) is 3.32. The van der Waals surface area contributed by atoms with E-state index in [2.05, 4.69) is 5.32 Å². The SMILES string of the molecule is CCC(C)c1cccc(OC2[CH]C=C(NS(=O)(=O)C(F)(F)F)C=C2C2=CN(C)C(=O)C3NCCC23)c1F.[HH].[HH]. The number of rotatable bonds is 7. The molecule has 4 rings (SSSR count). The van der Waals surface area contributed by atoms with Crippen LogP contribution >= 0.6 is 0 Å². The zero-order valence-electron chi connectivity index (χ0n) is 20.5. The highest BCUT2D eigenvalue weighted by Gasteiger charge is 2.47. The number of nitrogens with one attached hydrogen (secondary N) is 2. The number of fused-ring (bicyclic) bond motifs is 1. The van der Waals surface area contributed by atoms with Crippen LogP contribution in [-0.4, -0.2) is 50.5 Å². The molecule has 0 spiro atoms. The van der Waals surface area contributed by atoms with Gasteiger partial charge in [-0.05, 0) is 48.6 Å². The van der Waals surface area contributed by atoms with E-state index in [0.717, 1.165) is 6.08 Å². The molecule has 7 nitrogen and oxygen atoms in total. The maximum absolute atomic E-state index is 15.3. The zero-order chi connectivity index (χ0) is 27.1. The van der Waals surface area contributed by atoms with Gasteiger partial charge in [-0.1, -0.05) is 32.1 Å². The Morgan fingerprint density at radius 3 is 2.70 bits per heavy atom. The average molecular weight is 547 g/mol. The molecule has 4 atom stereocenters. The summed E-state index contributed by atoms with van der Waals surface area (Å²) in [6.45, 7) is 4.36. The number of hydrogen-bond acceptors (Lipinski definition) is 5. The highest BCUT2D eigenvalue weighted by Crippen LogP contribution is 2.39. The molecule has 1 saturated heterocycles. The minimum absolute atomic E-state index is 0. The van der Waals surface area contributed by atoms with Gasteiger partial charge in [-0.25, -0.2) is 4.39 Å². The molecule has 1 aromatic rings. The van der Waals surface area contributed by atoms with Crippen LogP contribution in [0.25, 0.3) is 0 Å². The molecular formula is C25H32F4N3O4S. The molecule has 0 aromatic heterocycles. The van der Waals surface area contributed by atoms with Gasteiger partial charge in [0.15, 0.2) is 11.6 Å². The fourth-order valence-corrected chi connectivity index (χ4v) is 5.30. The lowest BCUT2D eigenvalue weighted by molar-refractivity contribution is -0.130. The van der Waals surface area contributed by atoms with Gasteiger partial charge in [0.1, 0.15) is 6.10 Å². The molecule has 1 aromatic carbocycles. The van der Waals surface area contributed by atoms with Gasteiger partial charge in [0.25, 0.3) is 0 Å². The summed E-state index contributed by atoms with van der Waals surface area (Å²) >= 11 is 0. The Kier molecular flexibility index (Phi) is 7.44. The molecule has 2 N–H and O–H groups in total. The van der Waals surface area contributed by atoms with Crippen molar-refractivity contribution in [2.24, 2.45) is 5.92 Å². The normalized spacial score (nSPS) is 25.2. The molecule has 4 unspecified atom stereocenters. The van der Waals surface area contributed by atoms with Crippen molar-refractivity contribution in [2.45, 2.75) is 50.3 Å². The number of carbonyl (C=O) groups is 1. The van der Waals surface area contributed by atoms with Gasteiger partial charge in [0.2, 0.25) is 5.91 Å². The van der Waals surface area contributed by atoms with Crippen molar-refractivity contribution in [1.82, 2.24) is 14.9 Å². The van der Waals surface area contributed by atoms with Gasteiger partial charge < -0.3 is 15.0 Å². The Morgan fingerprint density at radius 2 is 2.03 bits per heavy atom. The summed E-state index contributed by atoms with van der Waals surface area (Å²) < 4.78 is 85.5. The highest BCUT2D eigenvalue weighted by molar-refractivity contribution is 7.90. The fourth-order valence-electron chi connectivity index (χ4n) is 4.75. The van der Waals surface area contributed by atoms with Crippen LogP contribution in [0.15, 0.2) is 53.4 Å². The Labute approximate surface area is 216 Å². The standard InChI is InChI=1S/C25H28F4N3O4S.2H2/c1-4-14(2)16-6-5-7-21(22(16)26)36-20-9-8-15(31-37(34,35)25(27,28)29)12-18(20)19-13-32(3)24(33)23-17(19)10-11-30-23;;/h5-9,12-14,17,20,23,30-31H,4,10-11H2,1-3H3;2*1H. The van der Waals surface area contributed by atoms with Gasteiger partial charge in [-0.3, -0.25) is 9.52 Å². The molecule has 1 aliphatic carbocycles. The van der Waals surface area contributed by atoms with Gasteiger partial charge in [-0.2, -0.15) is 21.6 Å². The molecule has 2 aliphatic heterocycles. The van der Waals surface area contributed by atoms with Crippen LogP contribution < -0.4 is 14.8 Å². The van der Waals surface area contributed by atoms with Crippen molar-refractivity contribution in [1.29, 1.82) is 0 Å². The number of likely N-dealkylation sites (N-methyl/N-ethyl adjacent to an activating group) is 1. The van der Waals surface area contributed by atoms with E-state index in [1.54, 1.807) is 30.1 Å². The van der Waals surface area contributed by atoms with Gasteiger partial charge >= 0.3 is 15.5 Å². The third-order valence-corrected chi connectivity index (χ3v) is 8.03.